The first-order valence-corrected chi connectivity index (χ1v) is 9.94. The number of rotatable bonds is 5. The molecule has 0 bridgehead atoms. The summed E-state index contributed by atoms with van der Waals surface area (Å²) in [4.78, 5) is 29.6. The van der Waals surface area contributed by atoms with Crippen molar-refractivity contribution in [2.75, 3.05) is 61.6 Å². The van der Waals surface area contributed by atoms with Gasteiger partial charge in [0.1, 0.15) is 11.6 Å². The average Bonchev–Trinajstić information content (AvgIpc) is 2.79. The van der Waals surface area contributed by atoms with Gasteiger partial charge < -0.3 is 24.6 Å². The molecule has 9 nitrogen and oxygen atoms in total. The molecule has 4 heterocycles. The Bertz CT molecular complexity index is 825. The van der Waals surface area contributed by atoms with Crippen LogP contribution >= 0.6 is 0 Å². The Labute approximate surface area is 170 Å². The molecule has 2 saturated heterocycles. The summed E-state index contributed by atoms with van der Waals surface area (Å²) >= 11 is 0. The number of methoxy groups -OCH3 is 1. The monoisotopic (exact) mass is 398 g/mol. The van der Waals surface area contributed by atoms with Gasteiger partial charge in [-0.2, -0.15) is 4.98 Å². The van der Waals surface area contributed by atoms with Gasteiger partial charge in [-0.15, -0.1) is 0 Å². The van der Waals surface area contributed by atoms with Crippen LogP contribution in [0, 0.1) is 0 Å². The molecule has 0 saturated carbocycles. The highest BCUT2D eigenvalue weighted by molar-refractivity contribution is 5.89. The number of esters is 1. The number of morpholine rings is 1. The van der Waals surface area contributed by atoms with E-state index in [4.69, 9.17) is 14.5 Å². The van der Waals surface area contributed by atoms with Gasteiger partial charge in [0.2, 0.25) is 5.95 Å². The third-order valence-corrected chi connectivity index (χ3v) is 5.22. The molecule has 0 spiro atoms. The van der Waals surface area contributed by atoms with Gasteiger partial charge in [0, 0.05) is 44.6 Å². The third-order valence-electron chi connectivity index (χ3n) is 5.22. The second-order valence-corrected chi connectivity index (χ2v) is 7.16. The maximum Gasteiger partial charge on any atom is 0.339 e. The van der Waals surface area contributed by atoms with E-state index in [0.29, 0.717) is 11.5 Å². The molecule has 0 aliphatic carbocycles. The largest absolute Gasteiger partial charge is 0.465 e. The molecule has 0 radical (unpaired) electrons. The summed E-state index contributed by atoms with van der Waals surface area (Å²) in [6.07, 6.45) is 5.45. The quantitative estimate of drug-likeness (QED) is 0.754. The van der Waals surface area contributed by atoms with E-state index in [1.54, 1.807) is 18.5 Å². The van der Waals surface area contributed by atoms with Crippen LogP contribution in [-0.2, 0) is 9.47 Å². The van der Waals surface area contributed by atoms with Crippen molar-refractivity contribution in [3.05, 3.63) is 36.2 Å². The van der Waals surface area contributed by atoms with Crippen LogP contribution in [0.2, 0.25) is 0 Å². The molecular formula is C20H26N6O3. The van der Waals surface area contributed by atoms with E-state index < -0.39 is 0 Å². The fraction of sp³-hybridized carbons (Fsp3) is 0.500. The van der Waals surface area contributed by atoms with E-state index in [9.17, 15) is 4.79 Å². The molecule has 9 heteroatoms. The maximum atomic E-state index is 11.6. The number of nitrogens with zero attached hydrogens (tertiary/aromatic N) is 5. The van der Waals surface area contributed by atoms with Gasteiger partial charge >= 0.3 is 5.97 Å². The molecule has 154 valence electrons. The van der Waals surface area contributed by atoms with E-state index in [1.807, 2.05) is 12.1 Å². The summed E-state index contributed by atoms with van der Waals surface area (Å²) in [7, 11) is 1.37. The van der Waals surface area contributed by atoms with Gasteiger partial charge in [-0.3, -0.25) is 0 Å². The second-order valence-electron chi connectivity index (χ2n) is 7.16. The van der Waals surface area contributed by atoms with Gasteiger partial charge in [0.05, 0.1) is 25.9 Å². The predicted octanol–water partition coefficient (Wildman–Crippen LogP) is 1.58. The molecule has 2 aliphatic heterocycles. The number of pyridine rings is 1. The molecule has 2 fully saturated rings. The van der Waals surface area contributed by atoms with Crippen molar-refractivity contribution in [3.63, 3.8) is 0 Å². The van der Waals surface area contributed by atoms with E-state index >= 15 is 0 Å². The third kappa shape index (κ3) is 4.73. The zero-order chi connectivity index (χ0) is 20.1. The lowest BCUT2D eigenvalue weighted by Gasteiger charge is -2.34. The van der Waals surface area contributed by atoms with Crippen molar-refractivity contribution in [2.45, 2.75) is 18.9 Å². The van der Waals surface area contributed by atoms with Crippen LogP contribution in [0.15, 0.2) is 30.6 Å². The molecule has 1 atom stereocenters. The first-order chi connectivity index (χ1) is 14.2. The number of carbonyl (C=O) groups excluding carboxylic acids is 1. The van der Waals surface area contributed by atoms with Gasteiger partial charge in [0.25, 0.3) is 0 Å². The highest BCUT2D eigenvalue weighted by atomic mass is 16.5. The molecule has 4 rings (SSSR count). The Balaban J connectivity index is 1.39. The number of anilines is 3. The van der Waals surface area contributed by atoms with Crippen LogP contribution in [-0.4, -0.2) is 73.5 Å². The summed E-state index contributed by atoms with van der Waals surface area (Å²) in [6, 6.07) is 5.78. The number of carbonyl (C=O) groups is 1. The summed E-state index contributed by atoms with van der Waals surface area (Å²) in [5, 5.41) is 3.48. The smallest absolute Gasteiger partial charge is 0.339 e. The lowest BCUT2D eigenvalue weighted by Crippen LogP contribution is -2.43. The highest BCUT2D eigenvalue weighted by Crippen LogP contribution is 2.21. The number of piperidine rings is 1. The second kappa shape index (κ2) is 9.04. The van der Waals surface area contributed by atoms with E-state index in [1.165, 1.54) is 7.11 Å². The predicted molar refractivity (Wildman–Crippen MR) is 109 cm³/mol. The van der Waals surface area contributed by atoms with Gasteiger partial charge in [-0.1, -0.05) is 0 Å². The fourth-order valence-electron chi connectivity index (χ4n) is 3.68. The van der Waals surface area contributed by atoms with Crippen LogP contribution in [0.5, 0.6) is 0 Å². The lowest BCUT2D eigenvalue weighted by atomic mass is 10.1. The molecule has 1 N–H and O–H groups in total. The van der Waals surface area contributed by atoms with Crippen molar-refractivity contribution in [2.24, 2.45) is 0 Å². The normalized spacial score (nSPS) is 19.7. The van der Waals surface area contributed by atoms with Crippen molar-refractivity contribution in [3.8, 4) is 0 Å². The Morgan fingerprint density at radius 3 is 2.76 bits per heavy atom. The summed E-state index contributed by atoms with van der Waals surface area (Å²) in [5.41, 5.74) is 0.455. The van der Waals surface area contributed by atoms with Crippen LogP contribution in [0.4, 0.5) is 17.6 Å². The Hall–Kier alpha value is -2.94. The van der Waals surface area contributed by atoms with Gasteiger partial charge in [0.15, 0.2) is 0 Å². The van der Waals surface area contributed by atoms with Crippen LogP contribution in [0.3, 0.4) is 0 Å². The fourth-order valence-corrected chi connectivity index (χ4v) is 3.68. The first kappa shape index (κ1) is 19.4. The summed E-state index contributed by atoms with van der Waals surface area (Å²) in [6.45, 7) is 4.88. The number of nitrogens with one attached hydrogen (secondary N) is 1. The minimum Gasteiger partial charge on any atom is -0.465 e. The van der Waals surface area contributed by atoms with E-state index in [-0.39, 0.29) is 12.0 Å². The minimum absolute atomic E-state index is 0.228. The van der Waals surface area contributed by atoms with Crippen molar-refractivity contribution in [1.82, 2.24) is 15.0 Å². The summed E-state index contributed by atoms with van der Waals surface area (Å²) in [5.74, 6) is 2.06. The SMILES string of the molecule is COC(=O)c1ccc(N2CCC[C@@H](Nc3nccc(N4CCOCC4)n3)C2)nc1. The number of hydrogen-bond acceptors (Lipinski definition) is 9. The van der Waals surface area contributed by atoms with E-state index in [2.05, 4.69) is 25.1 Å². The Morgan fingerprint density at radius 2 is 2.00 bits per heavy atom. The molecule has 0 amide bonds. The summed E-state index contributed by atoms with van der Waals surface area (Å²) < 4.78 is 10.1. The molecule has 29 heavy (non-hydrogen) atoms. The van der Waals surface area contributed by atoms with Crippen molar-refractivity contribution >= 4 is 23.6 Å². The Morgan fingerprint density at radius 1 is 1.14 bits per heavy atom. The first-order valence-electron chi connectivity index (χ1n) is 9.94. The number of hydrogen-bond donors (Lipinski definition) is 1. The standard InChI is InChI=1S/C20H26N6O3/c1-28-19(27)15-4-5-17(22-13-15)26-8-2-3-16(14-26)23-20-21-7-6-18(24-20)25-9-11-29-12-10-25/h4-7,13,16H,2-3,8-12,14H2,1H3,(H,21,23,24)/t16-/m1/s1. The zero-order valence-corrected chi connectivity index (χ0v) is 16.6. The molecular weight excluding hydrogens is 372 g/mol. The van der Waals surface area contributed by atoms with Crippen molar-refractivity contribution in [1.29, 1.82) is 0 Å². The van der Waals surface area contributed by atoms with Crippen LogP contribution in [0.1, 0.15) is 23.2 Å². The number of ether oxygens (including phenoxy) is 2. The van der Waals surface area contributed by atoms with Crippen LogP contribution in [0.25, 0.3) is 0 Å². The highest BCUT2D eigenvalue weighted by Gasteiger charge is 2.22. The van der Waals surface area contributed by atoms with E-state index in [0.717, 1.165) is 63.9 Å². The number of aromatic nitrogens is 3. The molecule has 2 aromatic rings. The molecule has 0 aromatic carbocycles. The molecule has 2 aliphatic rings. The topological polar surface area (TPSA) is 92.7 Å². The lowest BCUT2D eigenvalue weighted by molar-refractivity contribution is 0.0600. The molecule has 2 aromatic heterocycles. The van der Waals surface area contributed by atoms with Crippen molar-refractivity contribution < 1.29 is 14.3 Å². The van der Waals surface area contributed by atoms with Gasteiger partial charge in [-0.25, -0.2) is 14.8 Å². The maximum absolute atomic E-state index is 11.6. The zero-order valence-electron chi connectivity index (χ0n) is 16.6. The molecule has 0 unspecified atom stereocenters. The van der Waals surface area contributed by atoms with Gasteiger partial charge in [-0.05, 0) is 31.0 Å². The van der Waals surface area contributed by atoms with Crippen LogP contribution < -0.4 is 15.1 Å². The minimum atomic E-state index is -0.375. The Kier molecular flexibility index (Phi) is 6.04. The average molecular weight is 398 g/mol.